The molecule has 1 aromatic carbocycles. The van der Waals surface area contributed by atoms with E-state index in [1.165, 1.54) is 4.90 Å². The van der Waals surface area contributed by atoms with Crippen molar-refractivity contribution < 1.29 is 19.1 Å². The first-order valence-corrected chi connectivity index (χ1v) is 6.53. The molecule has 0 aliphatic carbocycles. The van der Waals surface area contributed by atoms with Gasteiger partial charge in [0, 0.05) is 23.6 Å². The van der Waals surface area contributed by atoms with Gasteiger partial charge in [-0.2, -0.15) is 0 Å². The number of benzene rings is 1. The molecule has 0 heterocycles. The maximum atomic E-state index is 11.7. The molecule has 1 amide bonds. The van der Waals surface area contributed by atoms with Crippen LogP contribution in [0.4, 0.5) is 0 Å². The molecule has 104 valence electrons. The summed E-state index contributed by atoms with van der Waals surface area (Å²) in [5, 5.41) is 0. The van der Waals surface area contributed by atoms with E-state index in [0.717, 1.165) is 10.0 Å². The molecule has 0 fully saturated rings. The molecule has 1 rings (SSSR count). The highest BCUT2D eigenvalue weighted by molar-refractivity contribution is 9.10. The summed E-state index contributed by atoms with van der Waals surface area (Å²) >= 11 is 3.36. The lowest BCUT2D eigenvalue weighted by Crippen LogP contribution is -2.34. The fourth-order valence-corrected chi connectivity index (χ4v) is 1.96. The number of halogens is 1. The Bertz CT molecular complexity index is 476. The minimum atomic E-state index is -0.848. The second-order valence-corrected chi connectivity index (χ2v) is 4.75. The van der Waals surface area contributed by atoms with Gasteiger partial charge in [0.1, 0.15) is 5.75 Å². The molecule has 19 heavy (non-hydrogen) atoms. The van der Waals surface area contributed by atoms with Gasteiger partial charge >= 0.3 is 11.9 Å². The lowest BCUT2D eigenvalue weighted by molar-refractivity contribution is -0.159. The van der Waals surface area contributed by atoms with Crippen LogP contribution in [-0.2, 0) is 20.9 Å². The summed E-state index contributed by atoms with van der Waals surface area (Å²) < 4.78 is 10.8. The number of methoxy groups -OCH3 is 1. The van der Waals surface area contributed by atoms with Crippen LogP contribution in [0.3, 0.4) is 0 Å². The van der Waals surface area contributed by atoms with Crippen molar-refractivity contribution >= 4 is 27.8 Å². The number of likely N-dealkylation sites (N-methyl/N-ethyl adjacent to an activating group) is 1. The van der Waals surface area contributed by atoms with Crippen LogP contribution in [0, 0.1) is 0 Å². The number of carbonyl (C=O) groups is 2. The molecule has 0 N–H and O–H groups in total. The molecule has 0 unspecified atom stereocenters. The Balaban J connectivity index is 2.81. The van der Waals surface area contributed by atoms with E-state index in [4.69, 9.17) is 4.74 Å². The molecule has 0 saturated heterocycles. The molecular formula is C13H16BrNO4. The SMILES string of the molecule is CCOC(=O)C(=O)N(C)Cc1cc(Br)ccc1OC. The highest BCUT2D eigenvalue weighted by atomic mass is 79.9. The van der Waals surface area contributed by atoms with E-state index in [-0.39, 0.29) is 13.2 Å². The zero-order valence-corrected chi connectivity index (χ0v) is 12.7. The summed E-state index contributed by atoms with van der Waals surface area (Å²) in [6, 6.07) is 5.48. The Morgan fingerprint density at radius 2 is 2.05 bits per heavy atom. The van der Waals surface area contributed by atoms with Gasteiger partial charge in [-0.3, -0.25) is 4.79 Å². The lowest BCUT2D eigenvalue weighted by Gasteiger charge is -2.18. The Kier molecular flexibility index (Phi) is 5.82. The third-order valence-corrected chi connectivity index (χ3v) is 2.94. The predicted molar refractivity (Wildman–Crippen MR) is 73.8 cm³/mol. The van der Waals surface area contributed by atoms with Gasteiger partial charge in [0.2, 0.25) is 0 Å². The third kappa shape index (κ3) is 4.24. The smallest absolute Gasteiger partial charge is 0.397 e. The summed E-state index contributed by atoms with van der Waals surface area (Å²) in [5.74, 6) is -0.866. The Labute approximate surface area is 120 Å². The number of esters is 1. The predicted octanol–water partition coefficient (Wildman–Crippen LogP) is 1.98. The number of rotatable bonds is 4. The quantitative estimate of drug-likeness (QED) is 0.626. The molecule has 0 spiro atoms. The highest BCUT2D eigenvalue weighted by Crippen LogP contribution is 2.24. The van der Waals surface area contributed by atoms with Crippen molar-refractivity contribution in [1.29, 1.82) is 0 Å². The summed E-state index contributed by atoms with van der Waals surface area (Å²) in [7, 11) is 3.10. The topological polar surface area (TPSA) is 55.8 Å². The molecule has 0 radical (unpaired) electrons. The van der Waals surface area contributed by atoms with Crippen LogP contribution in [0.25, 0.3) is 0 Å². The van der Waals surface area contributed by atoms with Crippen molar-refractivity contribution in [2.45, 2.75) is 13.5 Å². The van der Waals surface area contributed by atoms with Gasteiger partial charge in [-0.15, -0.1) is 0 Å². The van der Waals surface area contributed by atoms with Crippen molar-refractivity contribution in [2.75, 3.05) is 20.8 Å². The van der Waals surface area contributed by atoms with Crippen LogP contribution in [0.5, 0.6) is 5.75 Å². The molecule has 0 saturated carbocycles. The molecule has 1 aromatic rings. The van der Waals surface area contributed by atoms with Crippen LogP contribution in [-0.4, -0.2) is 37.5 Å². The number of ether oxygens (including phenoxy) is 2. The zero-order valence-electron chi connectivity index (χ0n) is 11.1. The van der Waals surface area contributed by atoms with Crippen LogP contribution < -0.4 is 4.74 Å². The van der Waals surface area contributed by atoms with Gasteiger partial charge in [0.25, 0.3) is 0 Å². The first kappa shape index (κ1) is 15.5. The summed E-state index contributed by atoms with van der Waals surface area (Å²) in [6.45, 7) is 2.10. The van der Waals surface area contributed by atoms with Gasteiger partial charge in [-0.1, -0.05) is 15.9 Å². The first-order valence-electron chi connectivity index (χ1n) is 5.74. The van der Waals surface area contributed by atoms with Crippen LogP contribution >= 0.6 is 15.9 Å². The molecule has 0 bridgehead atoms. The maximum Gasteiger partial charge on any atom is 0.397 e. The van der Waals surface area contributed by atoms with Crippen LogP contribution in [0.1, 0.15) is 12.5 Å². The standard InChI is InChI=1S/C13H16BrNO4/c1-4-19-13(17)12(16)15(2)8-9-7-10(14)5-6-11(9)18-3/h5-7H,4,8H2,1-3H3. The van der Waals surface area contributed by atoms with E-state index < -0.39 is 11.9 Å². The van der Waals surface area contributed by atoms with Gasteiger partial charge < -0.3 is 14.4 Å². The zero-order chi connectivity index (χ0) is 14.4. The minimum Gasteiger partial charge on any atom is -0.496 e. The van der Waals surface area contributed by atoms with Crippen molar-refractivity contribution in [1.82, 2.24) is 4.90 Å². The Hall–Kier alpha value is -1.56. The monoisotopic (exact) mass is 329 g/mol. The van der Waals surface area contributed by atoms with Gasteiger partial charge in [0.15, 0.2) is 0 Å². The Morgan fingerprint density at radius 3 is 2.63 bits per heavy atom. The molecule has 0 aliphatic heterocycles. The third-order valence-electron chi connectivity index (χ3n) is 2.45. The van der Waals surface area contributed by atoms with Crippen molar-refractivity contribution in [3.05, 3.63) is 28.2 Å². The van der Waals surface area contributed by atoms with E-state index in [2.05, 4.69) is 20.7 Å². The van der Waals surface area contributed by atoms with E-state index >= 15 is 0 Å². The van der Waals surface area contributed by atoms with Crippen molar-refractivity contribution in [2.24, 2.45) is 0 Å². The van der Waals surface area contributed by atoms with E-state index in [1.807, 2.05) is 12.1 Å². The summed E-state index contributed by atoms with van der Waals surface area (Å²) in [5.41, 5.74) is 0.803. The van der Waals surface area contributed by atoms with Crippen molar-refractivity contribution in [3.8, 4) is 5.75 Å². The second kappa shape index (κ2) is 7.13. The van der Waals surface area contributed by atoms with Crippen LogP contribution in [0.2, 0.25) is 0 Å². The van der Waals surface area contributed by atoms with Gasteiger partial charge in [-0.25, -0.2) is 4.79 Å². The molecule has 0 aliphatic rings. The summed E-state index contributed by atoms with van der Waals surface area (Å²) in [6.07, 6.45) is 0. The minimum absolute atomic E-state index is 0.179. The average molecular weight is 330 g/mol. The molecule has 5 nitrogen and oxygen atoms in total. The number of amides is 1. The van der Waals surface area contributed by atoms with Gasteiger partial charge in [-0.05, 0) is 25.1 Å². The van der Waals surface area contributed by atoms with Crippen LogP contribution in [0.15, 0.2) is 22.7 Å². The van der Waals surface area contributed by atoms with E-state index in [0.29, 0.717) is 5.75 Å². The number of nitrogens with zero attached hydrogens (tertiary/aromatic N) is 1. The fourth-order valence-electron chi connectivity index (χ4n) is 1.55. The largest absolute Gasteiger partial charge is 0.496 e. The molecular weight excluding hydrogens is 314 g/mol. The molecule has 6 heteroatoms. The number of hydrogen-bond acceptors (Lipinski definition) is 4. The average Bonchev–Trinajstić information content (AvgIpc) is 2.38. The molecule has 0 atom stereocenters. The lowest BCUT2D eigenvalue weighted by atomic mass is 10.2. The summed E-state index contributed by atoms with van der Waals surface area (Å²) in [4.78, 5) is 24.4. The molecule has 0 aromatic heterocycles. The normalized spacial score (nSPS) is 9.89. The Morgan fingerprint density at radius 1 is 1.37 bits per heavy atom. The van der Waals surface area contributed by atoms with E-state index in [1.54, 1.807) is 27.1 Å². The maximum absolute atomic E-state index is 11.7. The first-order chi connectivity index (χ1) is 8.99. The second-order valence-electron chi connectivity index (χ2n) is 3.84. The van der Waals surface area contributed by atoms with Gasteiger partial charge in [0.05, 0.1) is 13.7 Å². The van der Waals surface area contributed by atoms with Crippen molar-refractivity contribution in [3.63, 3.8) is 0 Å². The van der Waals surface area contributed by atoms with E-state index in [9.17, 15) is 9.59 Å². The fraction of sp³-hybridized carbons (Fsp3) is 0.385. The highest BCUT2D eigenvalue weighted by Gasteiger charge is 2.21. The number of carbonyl (C=O) groups excluding carboxylic acids is 2. The number of hydrogen-bond donors (Lipinski definition) is 0.